The number of carbonyl (C=O) groups is 2. The highest BCUT2D eigenvalue weighted by Crippen LogP contribution is 2.30. The van der Waals surface area contributed by atoms with Gasteiger partial charge in [0.2, 0.25) is 11.8 Å². The van der Waals surface area contributed by atoms with E-state index in [0.717, 1.165) is 43.2 Å². The Hall–Kier alpha value is -2.86. The van der Waals surface area contributed by atoms with E-state index in [1.165, 1.54) is 4.90 Å². The maximum Gasteiger partial charge on any atom is 0.238 e. The second kappa shape index (κ2) is 8.02. The first kappa shape index (κ1) is 18.5. The number of anilines is 1. The number of amides is 2. The van der Waals surface area contributed by atoms with Gasteiger partial charge in [-0.2, -0.15) is 0 Å². The SMILES string of the molecule is COc1ccc(N2CCN(CN3C(=O)C[C@@H](c4ccccc4)C3=O)CC2)cc1. The van der Waals surface area contributed by atoms with Gasteiger partial charge in [-0.15, -0.1) is 0 Å². The van der Waals surface area contributed by atoms with E-state index in [1.54, 1.807) is 7.11 Å². The fraction of sp³-hybridized carbons (Fsp3) is 0.364. The molecule has 0 aliphatic carbocycles. The Morgan fingerprint density at radius 2 is 1.61 bits per heavy atom. The van der Waals surface area contributed by atoms with Gasteiger partial charge >= 0.3 is 0 Å². The highest BCUT2D eigenvalue weighted by atomic mass is 16.5. The number of imide groups is 1. The summed E-state index contributed by atoms with van der Waals surface area (Å²) in [5.74, 6) is 0.362. The minimum atomic E-state index is -0.339. The van der Waals surface area contributed by atoms with Crippen molar-refractivity contribution in [3.05, 3.63) is 60.2 Å². The van der Waals surface area contributed by atoms with Crippen molar-refractivity contribution in [2.24, 2.45) is 0 Å². The Morgan fingerprint density at radius 1 is 0.929 bits per heavy atom. The molecule has 4 rings (SSSR count). The van der Waals surface area contributed by atoms with Gasteiger partial charge in [0.05, 0.1) is 19.7 Å². The molecule has 146 valence electrons. The van der Waals surface area contributed by atoms with Crippen LogP contribution in [-0.2, 0) is 9.59 Å². The van der Waals surface area contributed by atoms with Crippen LogP contribution in [0.15, 0.2) is 54.6 Å². The molecule has 0 saturated carbocycles. The summed E-state index contributed by atoms with van der Waals surface area (Å²) in [7, 11) is 1.66. The number of benzene rings is 2. The van der Waals surface area contributed by atoms with E-state index in [-0.39, 0.29) is 24.2 Å². The quantitative estimate of drug-likeness (QED) is 0.747. The molecule has 0 N–H and O–H groups in total. The molecule has 1 atom stereocenters. The number of nitrogens with zero attached hydrogens (tertiary/aromatic N) is 3. The van der Waals surface area contributed by atoms with Crippen LogP contribution in [-0.4, -0.2) is 61.6 Å². The third-order valence-corrected chi connectivity index (χ3v) is 5.60. The molecule has 2 aromatic carbocycles. The highest BCUT2D eigenvalue weighted by molar-refractivity contribution is 6.06. The summed E-state index contributed by atoms with van der Waals surface area (Å²) in [6, 6.07) is 17.6. The monoisotopic (exact) mass is 379 g/mol. The van der Waals surface area contributed by atoms with E-state index >= 15 is 0 Å². The summed E-state index contributed by atoms with van der Waals surface area (Å²) in [5.41, 5.74) is 2.09. The average Bonchev–Trinajstić information content (AvgIpc) is 3.03. The average molecular weight is 379 g/mol. The second-order valence-electron chi connectivity index (χ2n) is 7.27. The molecule has 2 saturated heterocycles. The van der Waals surface area contributed by atoms with Gasteiger partial charge in [-0.25, -0.2) is 0 Å². The van der Waals surface area contributed by atoms with Crippen LogP contribution in [0.25, 0.3) is 0 Å². The van der Waals surface area contributed by atoms with Crippen LogP contribution in [0.2, 0.25) is 0 Å². The molecule has 2 amide bonds. The maximum absolute atomic E-state index is 12.8. The molecule has 2 aromatic rings. The van der Waals surface area contributed by atoms with Crippen LogP contribution in [0, 0.1) is 0 Å². The first-order valence-electron chi connectivity index (χ1n) is 9.66. The van der Waals surface area contributed by atoms with E-state index in [1.807, 2.05) is 42.5 Å². The minimum absolute atomic E-state index is 0.0727. The Kier molecular flexibility index (Phi) is 5.30. The van der Waals surface area contributed by atoms with Gasteiger partial charge in [0.25, 0.3) is 0 Å². The second-order valence-corrected chi connectivity index (χ2v) is 7.27. The lowest BCUT2D eigenvalue weighted by molar-refractivity contribution is -0.141. The largest absolute Gasteiger partial charge is 0.497 e. The molecule has 6 nitrogen and oxygen atoms in total. The first-order valence-corrected chi connectivity index (χ1v) is 9.66. The van der Waals surface area contributed by atoms with Crippen LogP contribution in [0.3, 0.4) is 0 Å². The summed E-state index contributed by atoms with van der Waals surface area (Å²) in [5, 5.41) is 0. The number of rotatable bonds is 5. The zero-order valence-electron chi connectivity index (χ0n) is 16.1. The molecule has 0 unspecified atom stereocenters. The Balaban J connectivity index is 1.34. The van der Waals surface area contributed by atoms with Crippen LogP contribution in [0.1, 0.15) is 17.9 Å². The van der Waals surface area contributed by atoms with Gasteiger partial charge in [0, 0.05) is 38.3 Å². The number of hydrogen-bond acceptors (Lipinski definition) is 5. The fourth-order valence-corrected chi connectivity index (χ4v) is 3.92. The Labute approximate surface area is 165 Å². The molecule has 2 aliphatic heterocycles. The number of likely N-dealkylation sites (tertiary alicyclic amines) is 1. The van der Waals surface area contributed by atoms with Gasteiger partial charge in [-0.05, 0) is 29.8 Å². The van der Waals surface area contributed by atoms with Crippen LogP contribution >= 0.6 is 0 Å². The number of carbonyl (C=O) groups excluding carboxylic acids is 2. The van der Waals surface area contributed by atoms with E-state index in [2.05, 4.69) is 21.9 Å². The zero-order chi connectivity index (χ0) is 19.5. The Morgan fingerprint density at radius 3 is 2.25 bits per heavy atom. The Bertz CT molecular complexity index is 830. The van der Waals surface area contributed by atoms with Gasteiger partial charge in [0.1, 0.15) is 5.75 Å². The smallest absolute Gasteiger partial charge is 0.238 e. The molecule has 0 radical (unpaired) electrons. The molecule has 6 heteroatoms. The number of piperazine rings is 1. The number of methoxy groups -OCH3 is 1. The van der Waals surface area contributed by atoms with Crippen molar-refractivity contribution < 1.29 is 14.3 Å². The predicted molar refractivity (Wildman–Crippen MR) is 107 cm³/mol. The van der Waals surface area contributed by atoms with Crippen LogP contribution in [0.5, 0.6) is 5.75 Å². The molecule has 2 aliphatic rings. The third-order valence-electron chi connectivity index (χ3n) is 5.60. The topological polar surface area (TPSA) is 53.1 Å². The molecule has 2 heterocycles. The van der Waals surface area contributed by atoms with Crippen LogP contribution < -0.4 is 9.64 Å². The third kappa shape index (κ3) is 3.73. The first-order chi connectivity index (χ1) is 13.7. The molecule has 2 fully saturated rings. The van der Waals surface area contributed by atoms with E-state index in [4.69, 9.17) is 4.74 Å². The van der Waals surface area contributed by atoms with Crippen molar-refractivity contribution in [2.75, 3.05) is 44.9 Å². The van der Waals surface area contributed by atoms with Crippen molar-refractivity contribution in [3.8, 4) is 5.75 Å². The van der Waals surface area contributed by atoms with Gasteiger partial charge < -0.3 is 9.64 Å². The normalized spacial score (nSPS) is 20.7. The summed E-state index contributed by atoms with van der Waals surface area (Å²) in [6.45, 7) is 3.75. The van der Waals surface area contributed by atoms with Gasteiger partial charge in [-0.3, -0.25) is 19.4 Å². The fourth-order valence-electron chi connectivity index (χ4n) is 3.92. The lowest BCUT2D eigenvalue weighted by atomic mass is 9.98. The van der Waals surface area contributed by atoms with Crippen molar-refractivity contribution in [1.29, 1.82) is 0 Å². The summed E-state index contributed by atoms with van der Waals surface area (Å²) in [6.07, 6.45) is 0.272. The summed E-state index contributed by atoms with van der Waals surface area (Å²) < 4.78 is 5.21. The van der Waals surface area contributed by atoms with E-state index in [9.17, 15) is 9.59 Å². The van der Waals surface area contributed by atoms with E-state index < -0.39 is 0 Å². The maximum atomic E-state index is 12.8. The van der Waals surface area contributed by atoms with Crippen molar-refractivity contribution in [2.45, 2.75) is 12.3 Å². The van der Waals surface area contributed by atoms with Crippen LogP contribution in [0.4, 0.5) is 5.69 Å². The van der Waals surface area contributed by atoms with Crippen molar-refractivity contribution >= 4 is 17.5 Å². The van der Waals surface area contributed by atoms with E-state index in [0.29, 0.717) is 6.67 Å². The molecule has 0 spiro atoms. The molecule has 0 bridgehead atoms. The standard InChI is InChI=1S/C22H25N3O3/c1-28-19-9-7-18(8-10-19)24-13-11-23(12-14-24)16-25-21(26)15-20(22(25)27)17-5-3-2-4-6-17/h2-10,20H,11-16H2,1H3/t20-/m0/s1. The number of ether oxygens (including phenoxy) is 1. The van der Waals surface area contributed by atoms with Gasteiger partial charge in [0.15, 0.2) is 0 Å². The van der Waals surface area contributed by atoms with Crippen molar-refractivity contribution in [1.82, 2.24) is 9.80 Å². The lowest BCUT2D eigenvalue weighted by Crippen LogP contribution is -2.51. The van der Waals surface area contributed by atoms with Crippen molar-refractivity contribution in [3.63, 3.8) is 0 Å². The molecule has 0 aromatic heterocycles. The predicted octanol–water partition coefficient (Wildman–Crippen LogP) is 2.32. The highest BCUT2D eigenvalue weighted by Gasteiger charge is 2.40. The molecular formula is C22H25N3O3. The summed E-state index contributed by atoms with van der Waals surface area (Å²) in [4.78, 5) is 31.2. The van der Waals surface area contributed by atoms with Gasteiger partial charge in [-0.1, -0.05) is 30.3 Å². The summed E-state index contributed by atoms with van der Waals surface area (Å²) >= 11 is 0. The zero-order valence-corrected chi connectivity index (χ0v) is 16.1. The minimum Gasteiger partial charge on any atom is -0.497 e. The number of hydrogen-bond donors (Lipinski definition) is 0. The molecule has 28 heavy (non-hydrogen) atoms. The lowest BCUT2D eigenvalue weighted by Gasteiger charge is -2.37. The molecular weight excluding hydrogens is 354 g/mol.